The lowest BCUT2D eigenvalue weighted by Gasteiger charge is -2.32. The van der Waals surface area contributed by atoms with Crippen molar-refractivity contribution in [2.45, 2.75) is 65.6 Å². The number of carbonyl (C=O) groups excluding carboxylic acids is 2. The summed E-state index contributed by atoms with van der Waals surface area (Å²) >= 11 is 0. The number of amides is 3. The van der Waals surface area contributed by atoms with E-state index in [2.05, 4.69) is 5.32 Å². The fraction of sp³-hybridized carbons (Fsp3) is 0.714. The molecule has 0 radical (unpaired) electrons. The summed E-state index contributed by atoms with van der Waals surface area (Å²) in [4.78, 5) is 29.2. The topological polar surface area (TPSA) is 75.0 Å². The predicted octanol–water partition coefficient (Wildman–Crippen LogP) is 3.25. The highest BCUT2D eigenvalue weighted by atomic mass is 16.5. The average molecular weight is 394 g/mol. The average Bonchev–Trinajstić information content (AvgIpc) is 3.25. The Morgan fingerprint density at radius 1 is 1.29 bits per heavy atom. The molecule has 1 aliphatic heterocycles. The minimum absolute atomic E-state index is 0.0352. The van der Waals surface area contributed by atoms with Crippen LogP contribution in [0.25, 0.3) is 0 Å². The van der Waals surface area contributed by atoms with Crippen LogP contribution in [0.15, 0.2) is 22.8 Å². The molecule has 2 rings (SSSR count). The summed E-state index contributed by atoms with van der Waals surface area (Å²) in [5.74, 6) is 0.882. The van der Waals surface area contributed by atoms with Gasteiger partial charge < -0.3 is 24.3 Å². The summed E-state index contributed by atoms with van der Waals surface area (Å²) in [7, 11) is 0. The van der Waals surface area contributed by atoms with Crippen LogP contribution in [0.2, 0.25) is 0 Å². The van der Waals surface area contributed by atoms with Crippen molar-refractivity contribution in [3.63, 3.8) is 0 Å². The largest absolute Gasteiger partial charge is 0.467 e. The van der Waals surface area contributed by atoms with Gasteiger partial charge in [-0.05, 0) is 51.7 Å². The number of hydrogen-bond acceptors (Lipinski definition) is 4. The highest BCUT2D eigenvalue weighted by Gasteiger charge is 2.27. The third-order valence-corrected chi connectivity index (χ3v) is 4.41. The number of urea groups is 1. The molecule has 7 heteroatoms. The Bertz CT molecular complexity index is 616. The number of hydrogen-bond donors (Lipinski definition) is 1. The first-order chi connectivity index (χ1) is 13.1. The van der Waals surface area contributed by atoms with Gasteiger partial charge in [-0.3, -0.25) is 4.79 Å². The molecule has 1 saturated heterocycles. The standard InChI is InChI=1S/C21H35N3O4/c1-16(2)12-24(20(26)22-21(3,4)5)15-19(25)23(13-17-8-6-10-27-17)14-18-9-7-11-28-18/h6,8,10,16,18H,7,9,11-15H2,1-5H3,(H,22,26). The fourth-order valence-electron chi connectivity index (χ4n) is 3.20. The van der Waals surface area contributed by atoms with Crippen LogP contribution in [0.4, 0.5) is 4.79 Å². The van der Waals surface area contributed by atoms with Crippen molar-refractivity contribution in [2.24, 2.45) is 5.92 Å². The van der Waals surface area contributed by atoms with E-state index in [-0.39, 0.29) is 36.0 Å². The molecule has 28 heavy (non-hydrogen) atoms. The van der Waals surface area contributed by atoms with E-state index in [1.807, 2.05) is 46.8 Å². The molecule has 0 aromatic carbocycles. The van der Waals surface area contributed by atoms with E-state index < -0.39 is 0 Å². The second-order valence-corrected chi connectivity index (χ2v) is 8.94. The van der Waals surface area contributed by atoms with Crippen molar-refractivity contribution in [1.29, 1.82) is 0 Å². The van der Waals surface area contributed by atoms with Gasteiger partial charge in [-0.2, -0.15) is 0 Å². The molecule has 1 aliphatic rings. The Kier molecular flexibility index (Phi) is 7.92. The van der Waals surface area contributed by atoms with Crippen LogP contribution in [-0.4, -0.2) is 59.6 Å². The molecule has 1 aromatic rings. The van der Waals surface area contributed by atoms with Gasteiger partial charge in [0.1, 0.15) is 12.3 Å². The Morgan fingerprint density at radius 2 is 2.04 bits per heavy atom. The molecule has 1 atom stereocenters. The van der Waals surface area contributed by atoms with E-state index in [1.54, 1.807) is 16.1 Å². The zero-order valence-electron chi connectivity index (χ0n) is 17.9. The molecule has 0 aliphatic carbocycles. The van der Waals surface area contributed by atoms with Gasteiger partial charge in [0.15, 0.2) is 0 Å². The first kappa shape index (κ1) is 22.3. The van der Waals surface area contributed by atoms with Gasteiger partial charge in [-0.15, -0.1) is 0 Å². The highest BCUT2D eigenvalue weighted by Crippen LogP contribution is 2.16. The summed E-state index contributed by atoms with van der Waals surface area (Å²) in [6.45, 7) is 12.0. The molecule has 1 unspecified atom stereocenters. The Morgan fingerprint density at radius 3 is 2.57 bits per heavy atom. The van der Waals surface area contributed by atoms with Crippen LogP contribution < -0.4 is 5.32 Å². The van der Waals surface area contributed by atoms with Gasteiger partial charge in [-0.1, -0.05) is 13.8 Å². The van der Waals surface area contributed by atoms with Gasteiger partial charge >= 0.3 is 6.03 Å². The number of carbonyl (C=O) groups is 2. The molecule has 158 valence electrons. The number of nitrogens with one attached hydrogen (secondary N) is 1. The fourth-order valence-corrected chi connectivity index (χ4v) is 3.20. The van der Waals surface area contributed by atoms with E-state index in [4.69, 9.17) is 9.15 Å². The third-order valence-electron chi connectivity index (χ3n) is 4.41. The van der Waals surface area contributed by atoms with Crippen LogP contribution in [0.5, 0.6) is 0 Å². The van der Waals surface area contributed by atoms with Gasteiger partial charge in [0, 0.05) is 25.2 Å². The Balaban J connectivity index is 2.08. The van der Waals surface area contributed by atoms with E-state index >= 15 is 0 Å². The molecule has 3 amide bonds. The molecule has 7 nitrogen and oxygen atoms in total. The SMILES string of the molecule is CC(C)CN(CC(=O)N(Cc1ccco1)CC1CCCO1)C(=O)NC(C)(C)C. The van der Waals surface area contributed by atoms with Crippen LogP contribution in [0.3, 0.4) is 0 Å². The lowest BCUT2D eigenvalue weighted by molar-refractivity contribution is -0.134. The monoisotopic (exact) mass is 393 g/mol. The smallest absolute Gasteiger partial charge is 0.318 e. The zero-order chi connectivity index (χ0) is 20.7. The number of nitrogens with zero attached hydrogens (tertiary/aromatic N) is 2. The molecular weight excluding hydrogens is 358 g/mol. The summed E-state index contributed by atoms with van der Waals surface area (Å²) in [5, 5.41) is 2.96. The summed E-state index contributed by atoms with van der Waals surface area (Å²) in [6, 6.07) is 3.45. The van der Waals surface area contributed by atoms with Crippen molar-refractivity contribution in [3.8, 4) is 0 Å². The van der Waals surface area contributed by atoms with E-state index in [9.17, 15) is 9.59 Å². The minimum atomic E-state index is -0.360. The van der Waals surface area contributed by atoms with Crippen LogP contribution in [0, 0.1) is 5.92 Å². The summed E-state index contributed by atoms with van der Waals surface area (Å²) in [5.41, 5.74) is -0.360. The van der Waals surface area contributed by atoms with E-state index in [0.29, 0.717) is 19.6 Å². The van der Waals surface area contributed by atoms with Gasteiger partial charge in [0.2, 0.25) is 5.91 Å². The molecule has 1 N–H and O–H groups in total. The maximum absolute atomic E-state index is 13.1. The second kappa shape index (κ2) is 9.96. The maximum atomic E-state index is 13.1. The van der Waals surface area contributed by atoms with Crippen molar-refractivity contribution in [3.05, 3.63) is 24.2 Å². The minimum Gasteiger partial charge on any atom is -0.467 e. The first-order valence-electron chi connectivity index (χ1n) is 10.1. The van der Waals surface area contributed by atoms with Gasteiger partial charge in [0.25, 0.3) is 0 Å². The number of rotatable bonds is 8. The van der Waals surface area contributed by atoms with E-state index in [1.165, 1.54) is 0 Å². The maximum Gasteiger partial charge on any atom is 0.318 e. The van der Waals surface area contributed by atoms with Crippen LogP contribution in [0.1, 0.15) is 53.2 Å². The molecular formula is C21H35N3O4. The number of furan rings is 1. The Labute approximate surface area is 168 Å². The normalized spacial score (nSPS) is 17.0. The first-order valence-corrected chi connectivity index (χ1v) is 10.1. The molecule has 0 saturated carbocycles. The number of ether oxygens (including phenoxy) is 1. The van der Waals surface area contributed by atoms with E-state index in [0.717, 1.165) is 25.2 Å². The molecule has 1 fully saturated rings. The molecule has 1 aromatic heterocycles. The van der Waals surface area contributed by atoms with Gasteiger partial charge in [-0.25, -0.2) is 4.79 Å². The highest BCUT2D eigenvalue weighted by molar-refractivity contribution is 5.84. The lowest BCUT2D eigenvalue weighted by atomic mass is 10.1. The van der Waals surface area contributed by atoms with Crippen molar-refractivity contribution in [2.75, 3.05) is 26.2 Å². The van der Waals surface area contributed by atoms with Gasteiger partial charge in [0.05, 0.1) is 18.9 Å². The van der Waals surface area contributed by atoms with Crippen LogP contribution in [-0.2, 0) is 16.1 Å². The lowest BCUT2D eigenvalue weighted by Crippen LogP contribution is -2.52. The van der Waals surface area contributed by atoms with Crippen molar-refractivity contribution in [1.82, 2.24) is 15.1 Å². The van der Waals surface area contributed by atoms with Crippen LogP contribution >= 0.6 is 0 Å². The summed E-state index contributed by atoms with van der Waals surface area (Å²) in [6.07, 6.45) is 3.61. The summed E-state index contributed by atoms with van der Waals surface area (Å²) < 4.78 is 11.2. The molecule has 0 bridgehead atoms. The molecule has 2 heterocycles. The van der Waals surface area contributed by atoms with Crippen molar-refractivity contribution < 1.29 is 18.7 Å². The zero-order valence-corrected chi connectivity index (χ0v) is 17.9. The third kappa shape index (κ3) is 7.54. The molecule has 0 spiro atoms. The predicted molar refractivity (Wildman–Crippen MR) is 108 cm³/mol. The quantitative estimate of drug-likeness (QED) is 0.736. The van der Waals surface area contributed by atoms with Crippen molar-refractivity contribution >= 4 is 11.9 Å². The second-order valence-electron chi connectivity index (χ2n) is 8.94. The Hall–Kier alpha value is -2.02.